The van der Waals surface area contributed by atoms with Gasteiger partial charge in [0, 0.05) is 13.1 Å². The molecule has 1 amide bonds. The molecule has 0 bridgehead atoms. The average Bonchev–Trinajstić information content (AvgIpc) is 2.88. The Kier molecular flexibility index (Phi) is 3.45. The number of hydrogen-bond acceptors (Lipinski definition) is 6. The zero-order valence-corrected chi connectivity index (χ0v) is 12.4. The van der Waals surface area contributed by atoms with E-state index in [1.807, 2.05) is 0 Å². The number of carbonyl (C=O) groups is 1. The van der Waals surface area contributed by atoms with Crippen LogP contribution in [-0.4, -0.2) is 33.0 Å². The fourth-order valence-electron chi connectivity index (χ4n) is 2.21. The second kappa shape index (κ2) is 5.44. The molecule has 2 aromatic heterocycles. The molecule has 1 aromatic carbocycles. The third-order valence-electron chi connectivity index (χ3n) is 3.25. The van der Waals surface area contributed by atoms with E-state index in [2.05, 4.69) is 15.1 Å². The number of hydrogen-bond donors (Lipinski definition) is 2. The highest BCUT2D eigenvalue weighted by atomic mass is 16.5. The largest absolute Gasteiger partial charge is 0.496 e. The van der Waals surface area contributed by atoms with Crippen molar-refractivity contribution in [1.29, 1.82) is 0 Å². The molecular weight excluding hydrogens is 302 g/mol. The molecule has 0 unspecified atom stereocenters. The number of nitrogens with zero attached hydrogens (tertiary/aromatic N) is 3. The maximum absolute atomic E-state index is 12.1. The highest BCUT2D eigenvalue weighted by Gasteiger charge is 2.14. The molecular formula is C14H13N5O4. The van der Waals surface area contributed by atoms with E-state index in [9.17, 15) is 9.59 Å². The first-order chi connectivity index (χ1) is 11.0. The maximum Gasteiger partial charge on any atom is 0.409 e. The van der Waals surface area contributed by atoms with Crippen molar-refractivity contribution >= 4 is 17.1 Å². The van der Waals surface area contributed by atoms with Crippen LogP contribution in [0.25, 0.3) is 22.4 Å². The minimum Gasteiger partial charge on any atom is -0.496 e. The van der Waals surface area contributed by atoms with Gasteiger partial charge < -0.3 is 20.2 Å². The lowest BCUT2D eigenvalue weighted by atomic mass is 10.1. The average molecular weight is 315 g/mol. The van der Waals surface area contributed by atoms with Crippen molar-refractivity contribution in [2.75, 3.05) is 7.11 Å². The molecule has 23 heavy (non-hydrogen) atoms. The number of fused-ring (bicyclic) bond motifs is 1. The zero-order chi connectivity index (χ0) is 16.6. The molecule has 0 aliphatic heterocycles. The first kappa shape index (κ1) is 14.6. The van der Waals surface area contributed by atoms with Crippen LogP contribution in [0.2, 0.25) is 0 Å². The van der Waals surface area contributed by atoms with Gasteiger partial charge in [-0.05, 0) is 12.1 Å². The monoisotopic (exact) mass is 315 g/mol. The van der Waals surface area contributed by atoms with E-state index >= 15 is 0 Å². The SMILES string of the molecule is COc1cc(OC(N)=O)ccc1-c1nc2c(cnn2C)c(=O)[nH]1. The highest BCUT2D eigenvalue weighted by Crippen LogP contribution is 2.31. The van der Waals surface area contributed by atoms with Crippen LogP contribution in [0.3, 0.4) is 0 Å². The lowest BCUT2D eigenvalue weighted by Crippen LogP contribution is -2.16. The number of carbonyl (C=O) groups excluding carboxylic acids is 1. The molecule has 0 aliphatic rings. The predicted octanol–water partition coefficient (Wildman–Crippen LogP) is 0.790. The quantitative estimate of drug-likeness (QED) is 0.736. The molecule has 9 heteroatoms. The van der Waals surface area contributed by atoms with E-state index in [1.165, 1.54) is 30.1 Å². The Morgan fingerprint density at radius 3 is 2.87 bits per heavy atom. The molecule has 2 heterocycles. The molecule has 0 saturated heterocycles. The molecule has 3 aromatic rings. The van der Waals surface area contributed by atoms with Gasteiger partial charge in [0.1, 0.15) is 22.7 Å². The van der Waals surface area contributed by atoms with Gasteiger partial charge in [0.2, 0.25) is 0 Å². The summed E-state index contributed by atoms with van der Waals surface area (Å²) in [7, 11) is 3.15. The summed E-state index contributed by atoms with van der Waals surface area (Å²) in [5, 5.41) is 4.40. The van der Waals surface area contributed by atoms with Gasteiger partial charge in [0.15, 0.2) is 5.65 Å². The second-order valence-electron chi connectivity index (χ2n) is 4.70. The van der Waals surface area contributed by atoms with Gasteiger partial charge in [-0.2, -0.15) is 5.10 Å². The molecule has 0 aliphatic carbocycles. The van der Waals surface area contributed by atoms with Crippen molar-refractivity contribution in [2.45, 2.75) is 0 Å². The van der Waals surface area contributed by atoms with Crippen LogP contribution in [0, 0.1) is 0 Å². The number of H-pyrrole nitrogens is 1. The van der Waals surface area contributed by atoms with Crippen molar-refractivity contribution in [3.05, 3.63) is 34.7 Å². The first-order valence-corrected chi connectivity index (χ1v) is 6.57. The summed E-state index contributed by atoms with van der Waals surface area (Å²) in [5.41, 5.74) is 5.65. The van der Waals surface area contributed by atoms with E-state index in [1.54, 1.807) is 13.1 Å². The Hall–Kier alpha value is -3.36. The van der Waals surface area contributed by atoms with Crippen LogP contribution in [0.4, 0.5) is 4.79 Å². The number of ether oxygens (including phenoxy) is 2. The molecule has 0 radical (unpaired) electrons. The van der Waals surface area contributed by atoms with Crippen LogP contribution in [0.15, 0.2) is 29.2 Å². The highest BCUT2D eigenvalue weighted by molar-refractivity contribution is 5.77. The van der Waals surface area contributed by atoms with Crippen molar-refractivity contribution in [3.8, 4) is 22.9 Å². The van der Waals surface area contributed by atoms with Crippen molar-refractivity contribution in [3.63, 3.8) is 0 Å². The molecule has 0 atom stereocenters. The predicted molar refractivity (Wildman–Crippen MR) is 81.3 cm³/mol. The minimum absolute atomic E-state index is 0.224. The number of aromatic amines is 1. The summed E-state index contributed by atoms with van der Waals surface area (Å²) in [5.74, 6) is 0.907. The molecule has 0 fully saturated rings. The molecule has 0 spiro atoms. The van der Waals surface area contributed by atoms with Crippen molar-refractivity contribution in [2.24, 2.45) is 12.8 Å². The van der Waals surface area contributed by atoms with Gasteiger partial charge in [-0.1, -0.05) is 0 Å². The zero-order valence-electron chi connectivity index (χ0n) is 12.4. The number of amides is 1. The Bertz CT molecular complexity index is 959. The number of aromatic nitrogens is 4. The van der Waals surface area contributed by atoms with Gasteiger partial charge in [-0.3, -0.25) is 9.48 Å². The van der Waals surface area contributed by atoms with Crippen LogP contribution in [0.1, 0.15) is 0 Å². The van der Waals surface area contributed by atoms with Gasteiger partial charge in [-0.25, -0.2) is 9.78 Å². The summed E-state index contributed by atoms with van der Waals surface area (Å²) >= 11 is 0. The third-order valence-corrected chi connectivity index (χ3v) is 3.25. The normalized spacial score (nSPS) is 10.7. The fourth-order valence-corrected chi connectivity index (χ4v) is 2.21. The number of benzene rings is 1. The topological polar surface area (TPSA) is 125 Å². The Labute approximate surface area is 129 Å². The maximum atomic E-state index is 12.1. The fraction of sp³-hybridized carbons (Fsp3) is 0.143. The Morgan fingerprint density at radius 1 is 1.39 bits per heavy atom. The number of nitrogens with two attached hydrogens (primary N) is 1. The second-order valence-corrected chi connectivity index (χ2v) is 4.70. The van der Waals surface area contributed by atoms with Crippen LogP contribution < -0.4 is 20.8 Å². The van der Waals surface area contributed by atoms with E-state index in [4.69, 9.17) is 15.2 Å². The number of nitrogens with one attached hydrogen (secondary N) is 1. The van der Waals surface area contributed by atoms with Crippen LogP contribution in [0.5, 0.6) is 11.5 Å². The molecule has 3 rings (SSSR count). The van der Waals surface area contributed by atoms with E-state index < -0.39 is 6.09 Å². The lowest BCUT2D eigenvalue weighted by molar-refractivity contribution is 0.210. The molecule has 0 saturated carbocycles. The van der Waals surface area contributed by atoms with Gasteiger partial charge in [0.25, 0.3) is 5.56 Å². The number of primary amides is 1. The number of methoxy groups -OCH3 is 1. The Balaban J connectivity index is 2.16. The van der Waals surface area contributed by atoms with Gasteiger partial charge in [0.05, 0.1) is 18.9 Å². The smallest absolute Gasteiger partial charge is 0.409 e. The summed E-state index contributed by atoms with van der Waals surface area (Å²) in [6.45, 7) is 0. The van der Waals surface area contributed by atoms with Crippen molar-refractivity contribution < 1.29 is 14.3 Å². The summed E-state index contributed by atoms with van der Waals surface area (Å²) in [6, 6.07) is 4.61. The lowest BCUT2D eigenvalue weighted by Gasteiger charge is -2.10. The van der Waals surface area contributed by atoms with Gasteiger partial charge >= 0.3 is 6.09 Å². The molecule has 118 valence electrons. The standard InChI is InChI=1S/C14H13N5O4/c1-19-12-9(6-16-19)13(20)18-11(17-12)8-4-3-7(23-14(15)21)5-10(8)22-2/h3-6H,1-2H3,(H2,15,21)(H,17,18,20). The van der Waals surface area contributed by atoms with Crippen molar-refractivity contribution in [1.82, 2.24) is 19.7 Å². The number of rotatable bonds is 3. The van der Waals surface area contributed by atoms with E-state index in [0.717, 1.165) is 0 Å². The van der Waals surface area contributed by atoms with Gasteiger partial charge in [-0.15, -0.1) is 0 Å². The van der Waals surface area contributed by atoms with E-state index in [-0.39, 0.29) is 11.3 Å². The summed E-state index contributed by atoms with van der Waals surface area (Å²) in [6.07, 6.45) is 0.522. The van der Waals surface area contributed by atoms with Crippen LogP contribution in [-0.2, 0) is 7.05 Å². The third kappa shape index (κ3) is 2.59. The first-order valence-electron chi connectivity index (χ1n) is 6.57. The molecule has 9 nitrogen and oxygen atoms in total. The van der Waals surface area contributed by atoms with E-state index in [0.29, 0.717) is 28.2 Å². The summed E-state index contributed by atoms with van der Waals surface area (Å²) < 4.78 is 11.6. The number of aryl methyl sites for hydroxylation is 1. The van der Waals surface area contributed by atoms with Crippen LogP contribution >= 0.6 is 0 Å². The minimum atomic E-state index is -0.928. The summed E-state index contributed by atoms with van der Waals surface area (Å²) in [4.78, 5) is 30.0. The Morgan fingerprint density at radius 2 is 2.17 bits per heavy atom. The molecule has 3 N–H and O–H groups in total.